The number of nitrogens with one attached hydrogen (secondary N) is 1. The molecule has 6 heteroatoms. The van der Waals surface area contributed by atoms with Crippen LogP contribution in [-0.2, 0) is 6.61 Å². The van der Waals surface area contributed by atoms with Crippen LogP contribution in [0.2, 0.25) is 5.02 Å². The molecule has 0 spiro atoms. The van der Waals surface area contributed by atoms with E-state index in [-0.39, 0.29) is 12.5 Å². The number of carbonyl (C=O) groups is 1. The van der Waals surface area contributed by atoms with E-state index >= 15 is 0 Å². The molecule has 0 aliphatic heterocycles. The summed E-state index contributed by atoms with van der Waals surface area (Å²) in [6, 6.07) is 20.2. The summed E-state index contributed by atoms with van der Waals surface area (Å²) >= 11 is 8.38. The molecule has 0 bridgehead atoms. The molecule has 3 rings (SSSR count). The molecule has 0 saturated heterocycles. The summed E-state index contributed by atoms with van der Waals surface area (Å²) in [5.41, 5.74) is 2.05. The molecular formula is C22H19ClINO3. The second-order valence-corrected chi connectivity index (χ2v) is 7.59. The molecular weight excluding hydrogens is 489 g/mol. The molecule has 1 N–H and O–H groups in total. The quantitative estimate of drug-likeness (QED) is 0.389. The molecule has 28 heavy (non-hydrogen) atoms. The minimum atomic E-state index is -0.191. The molecule has 0 heterocycles. The number of para-hydroxylation sites is 1. The van der Waals surface area contributed by atoms with Crippen molar-refractivity contribution < 1.29 is 14.3 Å². The fourth-order valence-electron chi connectivity index (χ4n) is 2.58. The number of hydrogen-bond donors (Lipinski definition) is 1. The summed E-state index contributed by atoms with van der Waals surface area (Å²) in [4.78, 5) is 12.6. The van der Waals surface area contributed by atoms with Gasteiger partial charge in [-0.3, -0.25) is 4.79 Å². The monoisotopic (exact) mass is 507 g/mol. The zero-order valence-corrected chi connectivity index (χ0v) is 18.2. The molecule has 4 nitrogen and oxygen atoms in total. The first-order valence-electron chi connectivity index (χ1n) is 8.77. The van der Waals surface area contributed by atoms with Gasteiger partial charge in [0.1, 0.15) is 18.1 Å². The van der Waals surface area contributed by atoms with Gasteiger partial charge in [0.2, 0.25) is 0 Å². The first-order chi connectivity index (χ1) is 13.6. The van der Waals surface area contributed by atoms with Crippen LogP contribution in [0.5, 0.6) is 11.5 Å². The second kappa shape index (κ2) is 9.80. The highest BCUT2D eigenvalue weighted by Crippen LogP contribution is 2.27. The fourth-order valence-corrected chi connectivity index (χ4v) is 3.13. The van der Waals surface area contributed by atoms with E-state index in [1.807, 2.05) is 43.3 Å². The van der Waals surface area contributed by atoms with Gasteiger partial charge in [0, 0.05) is 20.4 Å². The average molecular weight is 508 g/mol. The number of anilines is 1. The van der Waals surface area contributed by atoms with Crippen molar-refractivity contribution in [2.75, 3.05) is 11.9 Å². The summed E-state index contributed by atoms with van der Waals surface area (Å²) in [5.74, 6) is 1.07. The molecule has 0 aliphatic carbocycles. The van der Waals surface area contributed by atoms with Crippen molar-refractivity contribution in [1.82, 2.24) is 0 Å². The number of ether oxygens (including phenoxy) is 2. The van der Waals surface area contributed by atoms with E-state index in [9.17, 15) is 4.79 Å². The zero-order chi connectivity index (χ0) is 19.9. The maximum atomic E-state index is 12.6. The second-order valence-electron chi connectivity index (χ2n) is 5.94. The summed E-state index contributed by atoms with van der Waals surface area (Å²) in [6.07, 6.45) is 0. The van der Waals surface area contributed by atoms with Crippen LogP contribution in [0.4, 0.5) is 5.69 Å². The normalized spacial score (nSPS) is 10.4. The lowest BCUT2D eigenvalue weighted by Gasteiger charge is -2.14. The Morgan fingerprint density at radius 1 is 1.00 bits per heavy atom. The van der Waals surface area contributed by atoms with Gasteiger partial charge in [0.25, 0.3) is 5.91 Å². The van der Waals surface area contributed by atoms with E-state index in [0.29, 0.717) is 28.7 Å². The van der Waals surface area contributed by atoms with Gasteiger partial charge in [-0.2, -0.15) is 0 Å². The molecule has 0 fully saturated rings. The lowest BCUT2D eigenvalue weighted by Crippen LogP contribution is -2.13. The highest BCUT2D eigenvalue weighted by molar-refractivity contribution is 14.1. The summed E-state index contributed by atoms with van der Waals surface area (Å²) in [7, 11) is 0. The van der Waals surface area contributed by atoms with Crippen molar-refractivity contribution in [1.29, 1.82) is 0 Å². The Hall–Kier alpha value is -2.25. The molecule has 1 amide bonds. The Morgan fingerprint density at radius 3 is 2.46 bits per heavy atom. The van der Waals surface area contributed by atoms with E-state index in [1.165, 1.54) is 0 Å². The largest absolute Gasteiger partial charge is 0.493 e. The molecule has 0 aliphatic rings. The topological polar surface area (TPSA) is 47.6 Å². The third-order valence-corrected chi connectivity index (χ3v) is 4.98. The molecule has 3 aromatic rings. The first-order valence-corrected chi connectivity index (χ1v) is 10.2. The Balaban J connectivity index is 1.79. The van der Waals surface area contributed by atoms with Crippen LogP contribution >= 0.6 is 34.2 Å². The lowest BCUT2D eigenvalue weighted by molar-refractivity contribution is 0.102. The smallest absolute Gasteiger partial charge is 0.255 e. The number of carbonyl (C=O) groups excluding carboxylic acids is 1. The van der Waals surface area contributed by atoms with Crippen molar-refractivity contribution in [3.63, 3.8) is 0 Å². The highest BCUT2D eigenvalue weighted by Gasteiger charge is 2.12. The van der Waals surface area contributed by atoms with Crippen LogP contribution < -0.4 is 14.8 Å². The lowest BCUT2D eigenvalue weighted by atomic mass is 10.1. The first kappa shape index (κ1) is 20.5. The Labute approximate surface area is 183 Å². The van der Waals surface area contributed by atoms with E-state index in [1.54, 1.807) is 30.3 Å². The van der Waals surface area contributed by atoms with Crippen LogP contribution in [-0.4, -0.2) is 12.5 Å². The molecule has 0 unspecified atom stereocenters. The van der Waals surface area contributed by atoms with Gasteiger partial charge < -0.3 is 14.8 Å². The predicted octanol–water partition coefficient (Wildman–Crippen LogP) is 6.17. The Morgan fingerprint density at radius 2 is 1.75 bits per heavy atom. The highest BCUT2D eigenvalue weighted by atomic mass is 127. The molecule has 144 valence electrons. The number of halogens is 2. The maximum Gasteiger partial charge on any atom is 0.255 e. The van der Waals surface area contributed by atoms with E-state index in [0.717, 1.165) is 14.8 Å². The predicted molar refractivity (Wildman–Crippen MR) is 121 cm³/mol. The minimum Gasteiger partial charge on any atom is -0.493 e. The van der Waals surface area contributed by atoms with Gasteiger partial charge >= 0.3 is 0 Å². The zero-order valence-electron chi connectivity index (χ0n) is 15.2. The van der Waals surface area contributed by atoms with Crippen LogP contribution in [0.15, 0.2) is 66.7 Å². The van der Waals surface area contributed by atoms with Crippen LogP contribution in [0.1, 0.15) is 22.8 Å². The third kappa shape index (κ3) is 5.39. The average Bonchev–Trinajstić information content (AvgIpc) is 2.70. The van der Waals surface area contributed by atoms with Crippen LogP contribution in [0.25, 0.3) is 0 Å². The number of benzene rings is 3. The standard InChI is InChI=1S/C22H19ClINO3/c1-2-27-20-12-7-15(22(26)25-18-10-8-17(24)9-11-18)13-16(20)14-28-21-6-4-3-5-19(21)23/h3-13H,2,14H2,1H3,(H,25,26). The van der Waals surface area contributed by atoms with Crippen molar-refractivity contribution >= 4 is 45.8 Å². The molecule has 3 aromatic carbocycles. The SMILES string of the molecule is CCOc1ccc(C(=O)Nc2ccc(I)cc2)cc1COc1ccccc1Cl. The molecule has 0 saturated carbocycles. The minimum absolute atomic E-state index is 0.191. The van der Waals surface area contributed by atoms with Crippen molar-refractivity contribution in [2.24, 2.45) is 0 Å². The van der Waals surface area contributed by atoms with Gasteiger partial charge in [-0.15, -0.1) is 0 Å². The maximum absolute atomic E-state index is 12.6. The van der Waals surface area contributed by atoms with Crippen LogP contribution in [0.3, 0.4) is 0 Å². The summed E-state index contributed by atoms with van der Waals surface area (Å²) in [6.45, 7) is 2.67. The van der Waals surface area contributed by atoms with Gasteiger partial charge in [-0.25, -0.2) is 0 Å². The van der Waals surface area contributed by atoms with Gasteiger partial charge in [-0.05, 0) is 84.1 Å². The third-order valence-electron chi connectivity index (χ3n) is 3.94. The number of amides is 1. The van der Waals surface area contributed by atoms with Gasteiger partial charge in [-0.1, -0.05) is 23.7 Å². The summed E-state index contributed by atoms with van der Waals surface area (Å²) in [5, 5.41) is 3.44. The number of hydrogen-bond acceptors (Lipinski definition) is 3. The fraction of sp³-hybridized carbons (Fsp3) is 0.136. The Bertz CT molecular complexity index is 960. The van der Waals surface area contributed by atoms with Gasteiger partial charge in [0.15, 0.2) is 0 Å². The van der Waals surface area contributed by atoms with Crippen molar-refractivity contribution in [2.45, 2.75) is 13.5 Å². The van der Waals surface area contributed by atoms with E-state index in [4.69, 9.17) is 21.1 Å². The van der Waals surface area contributed by atoms with Crippen molar-refractivity contribution in [3.8, 4) is 11.5 Å². The molecule has 0 radical (unpaired) electrons. The van der Waals surface area contributed by atoms with Gasteiger partial charge in [0.05, 0.1) is 11.6 Å². The van der Waals surface area contributed by atoms with Crippen LogP contribution in [0, 0.1) is 3.57 Å². The van der Waals surface area contributed by atoms with E-state index < -0.39 is 0 Å². The number of rotatable bonds is 7. The van der Waals surface area contributed by atoms with E-state index in [2.05, 4.69) is 27.9 Å². The van der Waals surface area contributed by atoms with Crippen molar-refractivity contribution in [3.05, 3.63) is 86.4 Å². The molecule has 0 atom stereocenters. The summed E-state index contributed by atoms with van der Waals surface area (Å²) < 4.78 is 12.6. The molecule has 0 aromatic heterocycles. The Kier molecular flexibility index (Phi) is 7.17.